The molecule has 5 rings (SSSR count). The van der Waals surface area contributed by atoms with Crippen molar-refractivity contribution in [2.45, 2.75) is 52.7 Å². The SMILES string of the molecule is COc1nc(-c2ccncc2)nc(N2CCN(C(=O)OC(C)(C)C)CC2)c1Cl.COc1nc(Cl)nc(N2CCN(C(=O)OC(C)(C)C)CC2)c1Cl. The number of aromatic nitrogens is 5. The first-order chi connectivity index (χ1) is 24.0. The number of carbonyl (C=O) groups is 2. The Bertz CT molecular complexity index is 1660. The zero-order valence-electron chi connectivity index (χ0n) is 30.1. The Kier molecular flexibility index (Phi) is 13.2. The minimum absolute atomic E-state index is 0.0656. The number of hydrogen-bond acceptors (Lipinski definition) is 13. The number of anilines is 2. The maximum absolute atomic E-state index is 12.3. The number of rotatable bonds is 5. The van der Waals surface area contributed by atoms with Gasteiger partial charge in [0.05, 0.1) is 14.2 Å². The van der Waals surface area contributed by atoms with Gasteiger partial charge in [-0.1, -0.05) is 23.2 Å². The van der Waals surface area contributed by atoms with Crippen molar-refractivity contribution < 1.29 is 28.5 Å². The molecule has 15 nitrogen and oxygen atoms in total. The largest absolute Gasteiger partial charge is 0.480 e. The lowest BCUT2D eigenvalue weighted by molar-refractivity contribution is 0.0230. The van der Waals surface area contributed by atoms with Crippen LogP contribution in [-0.4, -0.2) is 125 Å². The number of methoxy groups -OCH3 is 2. The van der Waals surface area contributed by atoms with Gasteiger partial charge in [-0.3, -0.25) is 4.98 Å². The first kappa shape index (κ1) is 39.7. The van der Waals surface area contributed by atoms with E-state index in [1.807, 2.05) is 63.5 Å². The van der Waals surface area contributed by atoms with E-state index in [1.165, 1.54) is 14.2 Å². The van der Waals surface area contributed by atoms with Crippen LogP contribution in [0.2, 0.25) is 15.3 Å². The monoisotopic (exact) mass is 767 g/mol. The zero-order valence-corrected chi connectivity index (χ0v) is 32.3. The van der Waals surface area contributed by atoms with Crippen molar-refractivity contribution in [3.05, 3.63) is 39.9 Å². The van der Waals surface area contributed by atoms with E-state index >= 15 is 0 Å². The number of amides is 2. The van der Waals surface area contributed by atoms with E-state index in [2.05, 4.69) is 24.9 Å². The Morgan fingerprint density at radius 1 is 0.627 bits per heavy atom. The molecule has 5 heterocycles. The summed E-state index contributed by atoms with van der Waals surface area (Å²) in [5.41, 5.74) is -0.208. The Hall–Kier alpha value is -4.08. The molecule has 18 heteroatoms. The summed E-state index contributed by atoms with van der Waals surface area (Å²) in [4.78, 5) is 52.8. The molecule has 2 amide bonds. The predicted molar refractivity (Wildman–Crippen MR) is 195 cm³/mol. The van der Waals surface area contributed by atoms with Crippen LogP contribution in [0.4, 0.5) is 21.2 Å². The number of hydrogen-bond donors (Lipinski definition) is 0. The molecule has 0 aliphatic carbocycles. The van der Waals surface area contributed by atoms with Crippen LogP contribution < -0.4 is 19.3 Å². The molecule has 0 radical (unpaired) electrons. The van der Waals surface area contributed by atoms with Gasteiger partial charge in [0.15, 0.2) is 17.5 Å². The van der Waals surface area contributed by atoms with E-state index in [-0.39, 0.29) is 23.4 Å². The molecule has 0 atom stereocenters. The van der Waals surface area contributed by atoms with Gasteiger partial charge in [-0.15, -0.1) is 0 Å². The Morgan fingerprint density at radius 2 is 1.04 bits per heavy atom. The number of pyridine rings is 1. The van der Waals surface area contributed by atoms with Gasteiger partial charge in [-0.25, -0.2) is 14.6 Å². The van der Waals surface area contributed by atoms with Gasteiger partial charge in [-0.2, -0.15) is 15.0 Å². The van der Waals surface area contributed by atoms with Crippen LogP contribution in [0.25, 0.3) is 11.4 Å². The van der Waals surface area contributed by atoms with Crippen molar-refractivity contribution in [3.8, 4) is 23.1 Å². The number of piperazine rings is 2. The van der Waals surface area contributed by atoms with Gasteiger partial charge >= 0.3 is 12.2 Å². The molecular formula is C33H44Cl3N9O6. The quantitative estimate of drug-likeness (QED) is 0.275. The smallest absolute Gasteiger partial charge is 0.410 e. The third kappa shape index (κ3) is 11.0. The zero-order chi connectivity index (χ0) is 37.5. The van der Waals surface area contributed by atoms with E-state index in [1.54, 1.807) is 22.2 Å². The summed E-state index contributed by atoms with van der Waals surface area (Å²) in [6.45, 7) is 15.4. The minimum Gasteiger partial charge on any atom is -0.480 e. The normalized spacial score (nSPS) is 15.1. The molecule has 0 aromatic carbocycles. The highest BCUT2D eigenvalue weighted by atomic mass is 35.5. The summed E-state index contributed by atoms with van der Waals surface area (Å²) in [6.07, 6.45) is 2.73. The second kappa shape index (κ2) is 17.0. The lowest BCUT2D eigenvalue weighted by Gasteiger charge is -2.36. The van der Waals surface area contributed by atoms with Gasteiger partial charge in [-0.05, 0) is 65.3 Å². The molecular weight excluding hydrogens is 725 g/mol. The highest BCUT2D eigenvalue weighted by Crippen LogP contribution is 2.35. The minimum atomic E-state index is -0.517. The highest BCUT2D eigenvalue weighted by Gasteiger charge is 2.30. The number of carbonyl (C=O) groups excluding carboxylic acids is 2. The van der Waals surface area contributed by atoms with E-state index < -0.39 is 11.2 Å². The third-order valence-corrected chi connectivity index (χ3v) is 8.20. The molecule has 0 bridgehead atoms. The molecule has 0 saturated carbocycles. The number of halogens is 3. The molecule has 278 valence electrons. The number of nitrogens with zero attached hydrogens (tertiary/aromatic N) is 9. The molecule has 2 aliphatic heterocycles. The van der Waals surface area contributed by atoms with Crippen molar-refractivity contribution in [3.63, 3.8) is 0 Å². The van der Waals surface area contributed by atoms with Crippen LogP contribution in [-0.2, 0) is 9.47 Å². The predicted octanol–water partition coefficient (Wildman–Crippen LogP) is 6.11. The third-order valence-electron chi connectivity index (χ3n) is 7.37. The molecule has 3 aromatic heterocycles. The second-order valence-corrected chi connectivity index (χ2v) is 14.6. The Labute approximate surface area is 313 Å². The molecule has 0 spiro atoms. The lowest BCUT2D eigenvalue weighted by Crippen LogP contribution is -2.50. The average Bonchev–Trinajstić information content (AvgIpc) is 3.08. The fourth-order valence-electron chi connectivity index (χ4n) is 4.98. The molecule has 2 fully saturated rings. The van der Waals surface area contributed by atoms with Gasteiger partial charge in [0, 0.05) is 70.3 Å². The summed E-state index contributed by atoms with van der Waals surface area (Å²) < 4.78 is 21.3. The standard InChI is InChI=1S/C19H24ClN5O3.C14H20Cl2N4O3/c1-19(2,3)28-18(26)25-11-9-24(10-12-25)16-14(20)17(27-4)23-15(22-16)13-5-7-21-8-6-13;1-14(2,3)23-13(21)20-7-5-19(6-8-20)10-9(15)11(22-4)18-12(16)17-10/h5-8H,9-12H2,1-4H3;5-8H2,1-4H3. The second-order valence-electron chi connectivity index (χ2n) is 13.5. The van der Waals surface area contributed by atoms with Crippen molar-refractivity contribution in [1.29, 1.82) is 0 Å². The average molecular weight is 769 g/mol. The van der Waals surface area contributed by atoms with Crippen molar-refractivity contribution in [2.75, 3.05) is 76.4 Å². The summed E-state index contributed by atoms with van der Waals surface area (Å²) in [7, 11) is 2.99. The summed E-state index contributed by atoms with van der Waals surface area (Å²) >= 11 is 18.6. The Morgan fingerprint density at radius 3 is 1.45 bits per heavy atom. The van der Waals surface area contributed by atoms with Crippen molar-refractivity contribution in [2.24, 2.45) is 0 Å². The van der Waals surface area contributed by atoms with Crippen LogP contribution >= 0.6 is 34.8 Å². The van der Waals surface area contributed by atoms with Gasteiger partial charge < -0.3 is 38.5 Å². The Balaban J connectivity index is 0.000000233. The summed E-state index contributed by atoms with van der Waals surface area (Å²) in [6, 6.07) is 3.65. The van der Waals surface area contributed by atoms with Gasteiger partial charge in [0.1, 0.15) is 21.2 Å². The van der Waals surface area contributed by atoms with Crippen LogP contribution in [0.15, 0.2) is 24.5 Å². The topological polar surface area (TPSA) is 148 Å². The highest BCUT2D eigenvalue weighted by molar-refractivity contribution is 6.35. The van der Waals surface area contributed by atoms with Crippen LogP contribution in [0.5, 0.6) is 11.8 Å². The molecule has 2 aliphatic rings. The molecule has 2 saturated heterocycles. The lowest BCUT2D eigenvalue weighted by atomic mass is 10.2. The fourth-order valence-corrected chi connectivity index (χ4v) is 5.70. The molecule has 51 heavy (non-hydrogen) atoms. The maximum Gasteiger partial charge on any atom is 0.410 e. The van der Waals surface area contributed by atoms with E-state index in [4.69, 9.17) is 53.8 Å². The van der Waals surface area contributed by atoms with E-state index in [0.717, 1.165) is 5.56 Å². The van der Waals surface area contributed by atoms with Crippen LogP contribution in [0.3, 0.4) is 0 Å². The van der Waals surface area contributed by atoms with Crippen molar-refractivity contribution >= 4 is 58.6 Å². The summed E-state index contributed by atoms with van der Waals surface area (Å²) in [5, 5.41) is 0.726. The number of ether oxygens (including phenoxy) is 4. The maximum atomic E-state index is 12.3. The van der Waals surface area contributed by atoms with E-state index in [0.29, 0.717) is 85.7 Å². The molecule has 3 aromatic rings. The van der Waals surface area contributed by atoms with Crippen molar-refractivity contribution in [1.82, 2.24) is 34.7 Å². The molecule has 0 unspecified atom stereocenters. The summed E-state index contributed by atoms with van der Waals surface area (Å²) in [5.74, 6) is 2.15. The first-order valence-corrected chi connectivity index (χ1v) is 17.4. The first-order valence-electron chi connectivity index (χ1n) is 16.2. The van der Waals surface area contributed by atoms with Gasteiger partial charge in [0.2, 0.25) is 17.0 Å². The fraction of sp³-hybridized carbons (Fsp3) is 0.545. The van der Waals surface area contributed by atoms with Crippen LogP contribution in [0.1, 0.15) is 41.5 Å². The van der Waals surface area contributed by atoms with E-state index in [9.17, 15) is 9.59 Å². The molecule has 0 N–H and O–H groups in total. The van der Waals surface area contributed by atoms with Gasteiger partial charge in [0.25, 0.3) is 0 Å². The van der Waals surface area contributed by atoms with Crippen LogP contribution in [0, 0.1) is 0 Å².